The van der Waals surface area contributed by atoms with E-state index in [-0.39, 0.29) is 11.9 Å². The standard InChI is InChI=1S/C15H24N4O2/c1-19(9-10-21-2)8-7-16-15(20)14-11-17-12-5-3-4-6-13(12)18-14/h3-6,14,17-18H,7-11H2,1-2H3,(H,16,20). The van der Waals surface area contributed by atoms with E-state index >= 15 is 0 Å². The molecule has 1 heterocycles. The van der Waals surface area contributed by atoms with Crippen molar-refractivity contribution in [3.63, 3.8) is 0 Å². The van der Waals surface area contributed by atoms with E-state index in [0.717, 1.165) is 24.5 Å². The lowest BCUT2D eigenvalue weighted by molar-refractivity contribution is -0.121. The summed E-state index contributed by atoms with van der Waals surface area (Å²) < 4.78 is 5.02. The number of carbonyl (C=O) groups excluding carboxylic acids is 1. The van der Waals surface area contributed by atoms with E-state index in [9.17, 15) is 4.79 Å². The smallest absolute Gasteiger partial charge is 0.244 e. The van der Waals surface area contributed by atoms with Crippen LogP contribution in [0.5, 0.6) is 0 Å². The molecule has 2 rings (SSSR count). The van der Waals surface area contributed by atoms with Gasteiger partial charge in [-0.25, -0.2) is 0 Å². The Kier molecular flexibility index (Phi) is 5.83. The van der Waals surface area contributed by atoms with Gasteiger partial charge in [0.2, 0.25) is 5.91 Å². The minimum atomic E-state index is -0.232. The third-order valence-corrected chi connectivity index (χ3v) is 3.54. The van der Waals surface area contributed by atoms with Gasteiger partial charge >= 0.3 is 0 Å². The normalized spacial score (nSPS) is 16.8. The van der Waals surface area contributed by atoms with Crippen molar-refractivity contribution in [3.05, 3.63) is 24.3 Å². The molecule has 0 aliphatic carbocycles. The molecule has 1 atom stereocenters. The van der Waals surface area contributed by atoms with E-state index in [1.54, 1.807) is 7.11 Å². The minimum Gasteiger partial charge on any atom is -0.383 e. The Morgan fingerprint density at radius 3 is 2.90 bits per heavy atom. The number of fused-ring (bicyclic) bond motifs is 1. The number of amides is 1. The zero-order valence-corrected chi connectivity index (χ0v) is 12.7. The Morgan fingerprint density at radius 2 is 2.14 bits per heavy atom. The third-order valence-electron chi connectivity index (χ3n) is 3.54. The number of benzene rings is 1. The first kappa shape index (κ1) is 15.6. The Labute approximate surface area is 125 Å². The highest BCUT2D eigenvalue weighted by atomic mass is 16.5. The Balaban J connectivity index is 1.72. The van der Waals surface area contributed by atoms with Crippen molar-refractivity contribution in [3.8, 4) is 0 Å². The van der Waals surface area contributed by atoms with Gasteiger partial charge < -0.3 is 25.6 Å². The van der Waals surface area contributed by atoms with Crippen LogP contribution in [-0.2, 0) is 9.53 Å². The average molecular weight is 292 g/mol. The second-order valence-corrected chi connectivity index (χ2v) is 5.21. The van der Waals surface area contributed by atoms with Crippen molar-refractivity contribution < 1.29 is 9.53 Å². The van der Waals surface area contributed by atoms with Crippen LogP contribution in [0.2, 0.25) is 0 Å². The lowest BCUT2D eigenvalue weighted by atomic mass is 10.1. The molecular formula is C15H24N4O2. The second-order valence-electron chi connectivity index (χ2n) is 5.21. The summed E-state index contributed by atoms with van der Waals surface area (Å²) in [5, 5.41) is 9.50. The summed E-state index contributed by atoms with van der Waals surface area (Å²) in [4.78, 5) is 14.3. The molecule has 0 radical (unpaired) electrons. The fraction of sp³-hybridized carbons (Fsp3) is 0.533. The van der Waals surface area contributed by atoms with Crippen LogP contribution >= 0.6 is 0 Å². The molecule has 1 aromatic carbocycles. The first-order valence-electron chi connectivity index (χ1n) is 7.25. The number of hydrogen-bond donors (Lipinski definition) is 3. The summed E-state index contributed by atoms with van der Waals surface area (Å²) in [6.07, 6.45) is 0. The second kappa shape index (κ2) is 7.85. The van der Waals surface area contributed by atoms with E-state index in [1.165, 1.54) is 0 Å². The molecule has 0 aromatic heterocycles. The molecule has 1 aromatic rings. The van der Waals surface area contributed by atoms with E-state index < -0.39 is 0 Å². The summed E-state index contributed by atoms with van der Waals surface area (Å²) in [6, 6.07) is 7.67. The molecule has 21 heavy (non-hydrogen) atoms. The number of ether oxygens (including phenoxy) is 1. The van der Waals surface area contributed by atoms with Crippen LogP contribution in [0.3, 0.4) is 0 Å². The molecule has 116 valence electrons. The van der Waals surface area contributed by atoms with Crippen molar-refractivity contribution in [2.24, 2.45) is 0 Å². The predicted octanol–water partition coefficient (Wildman–Crippen LogP) is 0.587. The molecule has 6 heteroatoms. The van der Waals surface area contributed by atoms with Crippen molar-refractivity contribution >= 4 is 17.3 Å². The lowest BCUT2D eigenvalue weighted by Gasteiger charge is -2.27. The van der Waals surface area contributed by atoms with Gasteiger partial charge in [0.25, 0.3) is 0 Å². The summed E-state index contributed by atoms with van der Waals surface area (Å²) >= 11 is 0. The predicted molar refractivity (Wildman–Crippen MR) is 84.7 cm³/mol. The maximum Gasteiger partial charge on any atom is 0.244 e. The van der Waals surface area contributed by atoms with Crippen LogP contribution < -0.4 is 16.0 Å². The summed E-state index contributed by atoms with van der Waals surface area (Å²) in [5.41, 5.74) is 2.02. The van der Waals surface area contributed by atoms with E-state index in [2.05, 4.69) is 20.9 Å². The van der Waals surface area contributed by atoms with Crippen LogP contribution in [0, 0.1) is 0 Å². The molecule has 0 saturated carbocycles. The Morgan fingerprint density at radius 1 is 1.38 bits per heavy atom. The molecule has 6 nitrogen and oxygen atoms in total. The minimum absolute atomic E-state index is 0.0251. The molecule has 3 N–H and O–H groups in total. The summed E-state index contributed by atoms with van der Waals surface area (Å²) in [5.74, 6) is 0.0251. The number of carbonyl (C=O) groups is 1. The van der Waals surface area contributed by atoms with Crippen LogP contribution in [0.25, 0.3) is 0 Å². The van der Waals surface area contributed by atoms with Crippen LogP contribution in [0.15, 0.2) is 24.3 Å². The number of nitrogens with one attached hydrogen (secondary N) is 3. The number of para-hydroxylation sites is 2. The number of likely N-dealkylation sites (N-methyl/N-ethyl adjacent to an activating group) is 1. The van der Waals surface area contributed by atoms with Crippen LogP contribution in [0.1, 0.15) is 0 Å². The molecule has 0 spiro atoms. The Hall–Kier alpha value is -1.79. The van der Waals surface area contributed by atoms with Crippen molar-refractivity contribution in [2.45, 2.75) is 6.04 Å². The van der Waals surface area contributed by atoms with Gasteiger partial charge in [0.1, 0.15) is 6.04 Å². The van der Waals surface area contributed by atoms with Gasteiger partial charge in [0.15, 0.2) is 0 Å². The third kappa shape index (κ3) is 4.61. The number of methoxy groups -OCH3 is 1. The number of hydrogen-bond acceptors (Lipinski definition) is 5. The number of nitrogens with zero attached hydrogens (tertiary/aromatic N) is 1. The lowest BCUT2D eigenvalue weighted by Crippen LogP contribution is -2.47. The van der Waals surface area contributed by atoms with Gasteiger partial charge in [-0.2, -0.15) is 0 Å². The maximum absolute atomic E-state index is 12.1. The Bertz CT molecular complexity index is 467. The molecular weight excluding hydrogens is 268 g/mol. The topological polar surface area (TPSA) is 65.6 Å². The van der Waals surface area contributed by atoms with E-state index in [1.807, 2.05) is 31.3 Å². The van der Waals surface area contributed by atoms with Gasteiger partial charge in [0.05, 0.1) is 18.0 Å². The molecule has 0 fully saturated rings. The zero-order valence-electron chi connectivity index (χ0n) is 12.7. The van der Waals surface area contributed by atoms with Gasteiger partial charge in [-0.05, 0) is 19.2 Å². The number of anilines is 2. The quantitative estimate of drug-likeness (QED) is 0.686. The molecule has 0 bridgehead atoms. The largest absolute Gasteiger partial charge is 0.383 e. The van der Waals surface area contributed by atoms with Crippen molar-refractivity contribution in [2.75, 3.05) is 57.6 Å². The summed E-state index contributed by atoms with van der Waals surface area (Å²) in [7, 11) is 3.71. The molecule has 0 saturated heterocycles. The first-order valence-corrected chi connectivity index (χ1v) is 7.25. The molecule has 1 amide bonds. The molecule has 1 aliphatic heterocycles. The van der Waals surface area contributed by atoms with Gasteiger partial charge in [-0.15, -0.1) is 0 Å². The van der Waals surface area contributed by atoms with Crippen molar-refractivity contribution in [1.82, 2.24) is 10.2 Å². The number of rotatable bonds is 7. The maximum atomic E-state index is 12.1. The fourth-order valence-corrected chi connectivity index (χ4v) is 2.22. The SMILES string of the molecule is COCCN(C)CCNC(=O)C1CNc2ccccc2N1. The first-order chi connectivity index (χ1) is 10.2. The average Bonchev–Trinajstić information content (AvgIpc) is 2.52. The highest BCUT2D eigenvalue weighted by Crippen LogP contribution is 2.24. The van der Waals surface area contributed by atoms with E-state index in [0.29, 0.717) is 19.7 Å². The highest BCUT2D eigenvalue weighted by molar-refractivity contribution is 5.88. The van der Waals surface area contributed by atoms with Gasteiger partial charge in [0, 0.05) is 33.3 Å². The fourth-order valence-electron chi connectivity index (χ4n) is 2.22. The van der Waals surface area contributed by atoms with Crippen LogP contribution in [-0.4, -0.2) is 63.8 Å². The highest BCUT2D eigenvalue weighted by Gasteiger charge is 2.22. The molecule has 1 aliphatic rings. The monoisotopic (exact) mass is 292 g/mol. The van der Waals surface area contributed by atoms with Crippen LogP contribution in [0.4, 0.5) is 11.4 Å². The van der Waals surface area contributed by atoms with Gasteiger partial charge in [-0.1, -0.05) is 12.1 Å². The van der Waals surface area contributed by atoms with Crippen molar-refractivity contribution in [1.29, 1.82) is 0 Å². The van der Waals surface area contributed by atoms with E-state index in [4.69, 9.17) is 4.74 Å². The molecule has 1 unspecified atom stereocenters. The summed E-state index contributed by atoms with van der Waals surface area (Å²) in [6.45, 7) is 3.62. The van der Waals surface area contributed by atoms with Gasteiger partial charge in [-0.3, -0.25) is 4.79 Å². The zero-order chi connectivity index (χ0) is 15.1.